The third-order valence-electron chi connectivity index (χ3n) is 2.48. The van der Waals surface area contributed by atoms with Crippen LogP contribution in [0.4, 0.5) is 0 Å². The Morgan fingerprint density at radius 2 is 2.00 bits per heavy atom. The molecular formula is C14H18N2O2. The van der Waals surface area contributed by atoms with Crippen molar-refractivity contribution in [1.82, 2.24) is 5.32 Å². The summed E-state index contributed by atoms with van der Waals surface area (Å²) in [7, 11) is 1.58. The molecule has 1 aromatic carbocycles. The first-order chi connectivity index (χ1) is 8.56. The molecule has 0 aliphatic rings. The summed E-state index contributed by atoms with van der Waals surface area (Å²) in [6.45, 7) is 3.93. The summed E-state index contributed by atoms with van der Waals surface area (Å²) in [4.78, 5) is 11.6. The maximum absolute atomic E-state index is 11.6. The molecule has 0 saturated carbocycles. The number of nitrogens with zero attached hydrogens (tertiary/aromatic N) is 1. The molecular weight excluding hydrogens is 228 g/mol. The molecule has 18 heavy (non-hydrogen) atoms. The van der Waals surface area contributed by atoms with Crippen LogP contribution in [0.3, 0.4) is 0 Å². The first kappa shape index (κ1) is 14.0. The molecule has 0 saturated heterocycles. The number of nitriles is 1. The number of carbonyl (C=O) groups is 1. The van der Waals surface area contributed by atoms with Crippen LogP contribution in [-0.4, -0.2) is 13.0 Å². The van der Waals surface area contributed by atoms with E-state index in [1.807, 2.05) is 13.8 Å². The van der Waals surface area contributed by atoms with Crippen molar-refractivity contribution in [3.05, 3.63) is 29.8 Å². The van der Waals surface area contributed by atoms with Gasteiger partial charge in [-0.3, -0.25) is 4.79 Å². The quantitative estimate of drug-likeness (QED) is 0.867. The van der Waals surface area contributed by atoms with Crippen LogP contribution >= 0.6 is 0 Å². The zero-order valence-corrected chi connectivity index (χ0v) is 10.9. The van der Waals surface area contributed by atoms with Gasteiger partial charge in [0.15, 0.2) is 0 Å². The second-order valence-corrected chi connectivity index (χ2v) is 4.50. The molecule has 0 radical (unpaired) electrons. The highest BCUT2D eigenvalue weighted by molar-refractivity contribution is 5.77. The van der Waals surface area contributed by atoms with Gasteiger partial charge in [-0.1, -0.05) is 26.0 Å². The Bertz CT molecular complexity index is 432. The average molecular weight is 246 g/mol. The Hall–Kier alpha value is -2.02. The zero-order chi connectivity index (χ0) is 13.5. The Labute approximate surface area is 108 Å². The summed E-state index contributed by atoms with van der Waals surface area (Å²) in [5, 5.41) is 11.8. The lowest BCUT2D eigenvalue weighted by Crippen LogP contribution is -2.28. The molecule has 4 heteroatoms. The molecule has 0 aromatic heterocycles. The highest BCUT2D eigenvalue weighted by Crippen LogP contribution is 2.17. The van der Waals surface area contributed by atoms with Crippen LogP contribution in [0.5, 0.6) is 5.75 Å². The highest BCUT2D eigenvalue weighted by Gasteiger charge is 2.14. The molecule has 1 N–H and O–H groups in total. The SMILES string of the molecule is COc1ccc(C(C#N)NC(=O)CC(C)C)cc1. The fraction of sp³-hybridized carbons (Fsp3) is 0.429. The molecule has 96 valence electrons. The minimum absolute atomic E-state index is 0.104. The smallest absolute Gasteiger partial charge is 0.221 e. The van der Waals surface area contributed by atoms with Crippen molar-refractivity contribution in [3.8, 4) is 11.8 Å². The molecule has 1 amide bonds. The van der Waals surface area contributed by atoms with Gasteiger partial charge < -0.3 is 10.1 Å². The van der Waals surface area contributed by atoms with Crippen molar-refractivity contribution in [1.29, 1.82) is 5.26 Å². The Morgan fingerprint density at radius 3 is 2.44 bits per heavy atom. The van der Waals surface area contributed by atoms with Crippen LogP contribution in [0, 0.1) is 17.2 Å². The molecule has 0 aliphatic carbocycles. The maximum atomic E-state index is 11.6. The summed E-state index contributed by atoms with van der Waals surface area (Å²) < 4.78 is 5.05. The fourth-order valence-electron chi connectivity index (χ4n) is 1.58. The van der Waals surface area contributed by atoms with E-state index in [0.29, 0.717) is 6.42 Å². The van der Waals surface area contributed by atoms with E-state index in [4.69, 9.17) is 10.00 Å². The van der Waals surface area contributed by atoms with E-state index in [9.17, 15) is 4.79 Å². The van der Waals surface area contributed by atoms with Gasteiger partial charge in [0.2, 0.25) is 5.91 Å². The number of hydrogen-bond donors (Lipinski definition) is 1. The molecule has 1 aromatic rings. The number of ether oxygens (including phenoxy) is 1. The number of methoxy groups -OCH3 is 1. The standard InChI is InChI=1S/C14H18N2O2/c1-10(2)8-14(17)16-13(9-15)11-4-6-12(18-3)7-5-11/h4-7,10,13H,8H2,1-3H3,(H,16,17). The lowest BCUT2D eigenvalue weighted by Gasteiger charge is -2.13. The molecule has 0 aliphatic heterocycles. The third kappa shape index (κ3) is 4.10. The van der Waals surface area contributed by atoms with Gasteiger partial charge in [-0.15, -0.1) is 0 Å². The van der Waals surface area contributed by atoms with Gasteiger partial charge in [0, 0.05) is 6.42 Å². The average Bonchev–Trinajstić information content (AvgIpc) is 2.35. The van der Waals surface area contributed by atoms with Gasteiger partial charge in [-0.05, 0) is 23.6 Å². The number of nitrogens with one attached hydrogen (secondary N) is 1. The lowest BCUT2D eigenvalue weighted by molar-refractivity contribution is -0.122. The largest absolute Gasteiger partial charge is 0.497 e. The molecule has 1 unspecified atom stereocenters. The zero-order valence-electron chi connectivity index (χ0n) is 10.9. The van der Waals surface area contributed by atoms with Crippen molar-refractivity contribution in [2.24, 2.45) is 5.92 Å². The number of amides is 1. The monoisotopic (exact) mass is 246 g/mol. The second-order valence-electron chi connectivity index (χ2n) is 4.50. The minimum Gasteiger partial charge on any atom is -0.497 e. The maximum Gasteiger partial charge on any atom is 0.221 e. The number of benzene rings is 1. The minimum atomic E-state index is -0.609. The van der Waals surface area contributed by atoms with Gasteiger partial charge in [0.1, 0.15) is 11.8 Å². The van der Waals surface area contributed by atoms with E-state index in [1.54, 1.807) is 31.4 Å². The summed E-state index contributed by atoms with van der Waals surface area (Å²) >= 11 is 0. The third-order valence-corrected chi connectivity index (χ3v) is 2.48. The van der Waals surface area contributed by atoms with E-state index in [-0.39, 0.29) is 11.8 Å². The van der Waals surface area contributed by atoms with E-state index >= 15 is 0 Å². The lowest BCUT2D eigenvalue weighted by atomic mass is 10.1. The van der Waals surface area contributed by atoms with Crippen LogP contribution < -0.4 is 10.1 Å². The van der Waals surface area contributed by atoms with Crippen molar-refractivity contribution in [2.75, 3.05) is 7.11 Å². The first-order valence-corrected chi connectivity index (χ1v) is 5.89. The topological polar surface area (TPSA) is 62.1 Å². The van der Waals surface area contributed by atoms with Crippen molar-refractivity contribution in [2.45, 2.75) is 26.3 Å². The predicted molar refractivity (Wildman–Crippen MR) is 68.9 cm³/mol. The van der Waals surface area contributed by atoms with E-state index < -0.39 is 6.04 Å². The van der Waals surface area contributed by atoms with Gasteiger partial charge in [0.05, 0.1) is 13.2 Å². The fourth-order valence-corrected chi connectivity index (χ4v) is 1.58. The van der Waals surface area contributed by atoms with Crippen LogP contribution in [0.15, 0.2) is 24.3 Å². The van der Waals surface area contributed by atoms with E-state index in [2.05, 4.69) is 11.4 Å². The summed E-state index contributed by atoms with van der Waals surface area (Å²) in [6.07, 6.45) is 0.425. The summed E-state index contributed by atoms with van der Waals surface area (Å²) in [6, 6.07) is 8.58. The summed E-state index contributed by atoms with van der Waals surface area (Å²) in [5.41, 5.74) is 0.760. The Morgan fingerprint density at radius 1 is 1.39 bits per heavy atom. The van der Waals surface area contributed by atoms with Crippen molar-refractivity contribution >= 4 is 5.91 Å². The second kappa shape index (κ2) is 6.65. The number of carbonyl (C=O) groups excluding carboxylic acids is 1. The normalized spacial score (nSPS) is 11.7. The molecule has 0 fully saturated rings. The molecule has 1 atom stereocenters. The van der Waals surface area contributed by atoms with Crippen LogP contribution in [0.1, 0.15) is 31.9 Å². The van der Waals surface area contributed by atoms with Gasteiger partial charge in [-0.25, -0.2) is 0 Å². The molecule has 0 heterocycles. The van der Waals surface area contributed by atoms with E-state index in [0.717, 1.165) is 11.3 Å². The number of rotatable bonds is 5. The van der Waals surface area contributed by atoms with E-state index in [1.165, 1.54) is 0 Å². The Balaban J connectivity index is 2.71. The number of hydrogen-bond acceptors (Lipinski definition) is 3. The molecule has 0 spiro atoms. The van der Waals surface area contributed by atoms with Gasteiger partial charge >= 0.3 is 0 Å². The summed E-state index contributed by atoms with van der Waals surface area (Å²) in [5.74, 6) is 0.900. The highest BCUT2D eigenvalue weighted by atomic mass is 16.5. The van der Waals surface area contributed by atoms with Crippen LogP contribution in [-0.2, 0) is 4.79 Å². The van der Waals surface area contributed by atoms with Crippen molar-refractivity contribution < 1.29 is 9.53 Å². The van der Waals surface area contributed by atoms with Crippen molar-refractivity contribution in [3.63, 3.8) is 0 Å². The first-order valence-electron chi connectivity index (χ1n) is 5.89. The van der Waals surface area contributed by atoms with Crippen LogP contribution in [0.25, 0.3) is 0 Å². The predicted octanol–water partition coefficient (Wildman–Crippen LogP) is 2.42. The van der Waals surface area contributed by atoms with Gasteiger partial charge in [0.25, 0.3) is 0 Å². The molecule has 4 nitrogen and oxygen atoms in total. The molecule has 0 bridgehead atoms. The Kier molecular flexibility index (Phi) is 5.19. The molecule has 1 rings (SSSR count). The van der Waals surface area contributed by atoms with Crippen LogP contribution in [0.2, 0.25) is 0 Å². The van der Waals surface area contributed by atoms with Gasteiger partial charge in [-0.2, -0.15) is 5.26 Å².